The van der Waals surface area contributed by atoms with Crippen molar-refractivity contribution in [1.82, 2.24) is 10.6 Å². The number of carbonyl (C=O) groups is 2. The van der Waals surface area contributed by atoms with Crippen molar-refractivity contribution in [3.63, 3.8) is 0 Å². The zero-order chi connectivity index (χ0) is 18.4. The molecule has 0 saturated heterocycles. The van der Waals surface area contributed by atoms with Gasteiger partial charge in [-0.15, -0.1) is 0 Å². The lowest BCUT2D eigenvalue weighted by Crippen LogP contribution is -2.43. The SMILES string of the molecule is COc1ccc([C@H](C)N[C@H](C(=O)NC(N)=O)c2ccccc2)cc1Br. The van der Waals surface area contributed by atoms with Crippen LogP contribution in [0.3, 0.4) is 0 Å². The maximum atomic E-state index is 12.4. The molecule has 0 fully saturated rings. The van der Waals surface area contributed by atoms with Gasteiger partial charge in [0.1, 0.15) is 11.8 Å². The number of hydrogen-bond acceptors (Lipinski definition) is 4. The van der Waals surface area contributed by atoms with Crippen LogP contribution in [-0.4, -0.2) is 19.0 Å². The highest BCUT2D eigenvalue weighted by Crippen LogP contribution is 2.29. The Hall–Kier alpha value is -2.38. The topological polar surface area (TPSA) is 93.4 Å². The Morgan fingerprint density at radius 2 is 1.80 bits per heavy atom. The summed E-state index contributed by atoms with van der Waals surface area (Å²) in [6, 6.07) is 13.1. The van der Waals surface area contributed by atoms with Crippen LogP contribution in [-0.2, 0) is 4.79 Å². The van der Waals surface area contributed by atoms with Gasteiger partial charge in [0.15, 0.2) is 0 Å². The third kappa shape index (κ3) is 5.04. The van der Waals surface area contributed by atoms with Crippen molar-refractivity contribution in [2.45, 2.75) is 19.0 Å². The second kappa shape index (κ2) is 8.64. The van der Waals surface area contributed by atoms with Gasteiger partial charge >= 0.3 is 6.03 Å². The van der Waals surface area contributed by atoms with Crippen LogP contribution in [0.4, 0.5) is 4.79 Å². The number of methoxy groups -OCH3 is 1. The van der Waals surface area contributed by atoms with Crippen molar-refractivity contribution in [3.8, 4) is 5.75 Å². The standard InChI is InChI=1S/C18H20BrN3O3/c1-11(13-8-9-15(25-2)14(19)10-13)21-16(17(23)22-18(20)24)12-6-4-3-5-7-12/h3-11,16,21H,1-2H3,(H3,20,22,23,24)/t11-,16-/m0/s1. The molecule has 25 heavy (non-hydrogen) atoms. The van der Waals surface area contributed by atoms with E-state index in [9.17, 15) is 9.59 Å². The number of rotatable bonds is 6. The minimum atomic E-state index is -0.882. The number of ether oxygens (including phenoxy) is 1. The predicted molar refractivity (Wildman–Crippen MR) is 99.2 cm³/mol. The molecule has 2 aromatic rings. The van der Waals surface area contributed by atoms with Crippen molar-refractivity contribution < 1.29 is 14.3 Å². The summed E-state index contributed by atoms with van der Waals surface area (Å²) >= 11 is 3.46. The number of nitrogens with one attached hydrogen (secondary N) is 2. The van der Waals surface area contributed by atoms with Crippen molar-refractivity contribution in [2.75, 3.05) is 7.11 Å². The van der Waals surface area contributed by atoms with Crippen molar-refractivity contribution >= 4 is 27.9 Å². The molecule has 4 N–H and O–H groups in total. The first kappa shape index (κ1) is 19.0. The highest BCUT2D eigenvalue weighted by molar-refractivity contribution is 9.10. The van der Waals surface area contributed by atoms with Gasteiger partial charge in [0.25, 0.3) is 0 Å². The monoisotopic (exact) mass is 405 g/mol. The van der Waals surface area contributed by atoms with Gasteiger partial charge in [0.05, 0.1) is 11.6 Å². The van der Waals surface area contributed by atoms with E-state index in [1.807, 2.05) is 55.5 Å². The van der Waals surface area contributed by atoms with E-state index in [0.29, 0.717) is 0 Å². The number of benzene rings is 2. The van der Waals surface area contributed by atoms with E-state index >= 15 is 0 Å². The second-order valence-electron chi connectivity index (χ2n) is 5.48. The molecule has 7 heteroatoms. The van der Waals surface area contributed by atoms with Crippen LogP contribution >= 0.6 is 15.9 Å². The van der Waals surface area contributed by atoms with Crippen molar-refractivity contribution in [3.05, 3.63) is 64.1 Å². The summed E-state index contributed by atoms with van der Waals surface area (Å²) in [6.07, 6.45) is 0. The lowest BCUT2D eigenvalue weighted by molar-refractivity contribution is -0.122. The molecular formula is C18H20BrN3O3. The van der Waals surface area contributed by atoms with Crippen LogP contribution < -0.4 is 21.1 Å². The fraction of sp³-hybridized carbons (Fsp3) is 0.222. The number of primary amides is 1. The number of halogens is 1. The maximum absolute atomic E-state index is 12.4. The van der Waals surface area contributed by atoms with Gasteiger partial charge in [-0.05, 0) is 46.1 Å². The molecule has 0 aliphatic heterocycles. The van der Waals surface area contributed by atoms with E-state index in [2.05, 4.69) is 26.6 Å². The molecule has 0 aromatic heterocycles. The van der Waals surface area contributed by atoms with Crippen LogP contribution in [0.5, 0.6) is 5.75 Å². The average Bonchev–Trinajstić information content (AvgIpc) is 2.59. The van der Waals surface area contributed by atoms with Crippen LogP contribution in [0.2, 0.25) is 0 Å². The molecule has 0 radical (unpaired) electrons. The number of hydrogen-bond donors (Lipinski definition) is 3. The molecule has 132 valence electrons. The molecule has 2 aromatic carbocycles. The molecule has 2 rings (SSSR count). The molecule has 0 saturated carbocycles. The summed E-state index contributed by atoms with van der Waals surface area (Å²) < 4.78 is 6.05. The Morgan fingerprint density at radius 1 is 1.12 bits per heavy atom. The number of imide groups is 1. The Labute approximate surface area is 154 Å². The predicted octanol–water partition coefficient (Wildman–Crippen LogP) is 3.04. The van der Waals surface area contributed by atoms with Crippen molar-refractivity contribution in [1.29, 1.82) is 0 Å². The van der Waals surface area contributed by atoms with Crippen molar-refractivity contribution in [2.24, 2.45) is 5.73 Å². The fourth-order valence-electron chi connectivity index (χ4n) is 2.46. The Balaban J connectivity index is 2.25. The smallest absolute Gasteiger partial charge is 0.318 e. The van der Waals surface area contributed by atoms with Gasteiger partial charge in [0.2, 0.25) is 5.91 Å². The molecule has 3 amide bonds. The highest BCUT2D eigenvalue weighted by atomic mass is 79.9. The summed E-state index contributed by atoms with van der Waals surface area (Å²) in [4.78, 5) is 23.4. The fourth-order valence-corrected chi connectivity index (χ4v) is 3.02. The quantitative estimate of drug-likeness (QED) is 0.688. The van der Waals surface area contributed by atoms with E-state index in [1.54, 1.807) is 7.11 Å². The van der Waals surface area contributed by atoms with Crippen LogP contribution in [0.25, 0.3) is 0 Å². The molecule has 2 atom stereocenters. The van der Waals surface area contributed by atoms with Gasteiger partial charge < -0.3 is 10.5 Å². The van der Waals surface area contributed by atoms with E-state index in [1.165, 1.54) is 0 Å². The molecule has 0 heterocycles. The van der Waals surface area contributed by atoms with Gasteiger partial charge in [-0.2, -0.15) is 0 Å². The summed E-state index contributed by atoms with van der Waals surface area (Å²) in [6.45, 7) is 1.93. The largest absolute Gasteiger partial charge is 0.496 e. The summed E-state index contributed by atoms with van der Waals surface area (Å²) in [5.74, 6) is 0.222. The lowest BCUT2D eigenvalue weighted by Gasteiger charge is -2.23. The first-order valence-corrected chi connectivity index (χ1v) is 8.46. The maximum Gasteiger partial charge on any atom is 0.318 e. The van der Waals surface area contributed by atoms with Crippen LogP contribution in [0, 0.1) is 0 Å². The van der Waals surface area contributed by atoms with Gasteiger partial charge in [-0.1, -0.05) is 36.4 Å². The zero-order valence-corrected chi connectivity index (χ0v) is 15.5. The average molecular weight is 406 g/mol. The van der Waals surface area contributed by atoms with E-state index < -0.39 is 18.0 Å². The third-order valence-corrected chi connectivity index (χ3v) is 4.35. The molecule has 0 aliphatic rings. The number of nitrogens with two attached hydrogens (primary N) is 1. The van der Waals surface area contributed by atoms with Crippen LogP contribution in [0.15, 0.2) is 53.0 Å². The molecule has 0 aliphatic carbocycles. The second-order valence-corrected chi connectivity index (χ2v) is 6.33. The normalized spacial score (nSPS) is 12.9. The Kier molecular flexibility index (Phi) is 6.55. The minimum absolute atomic E-state index is 0.161. The number of urea groups is 1. The number of carbonyl (C=O) groups excluding carboxylic acids is 2. The first-order valence-electron chi connectivity index (χ1n) is 7.67. The van der Waals surface area contributed by atoms with Gasteiger partial charge in [0, 0.05) is 6.04 Å². The van der Waals surface area contributed by atoms with E-state index in [4.69, 9.17) is 10.5 Å². The van der Waals surface area contributed by atoms with E-state index in [0.717, 1.165) is 21.3 Å². The Morgan fingerprint density at radius 3 is 2.36 bits per heavy atom. The van der Waals surface area contributed by atoms with Crippen LogP contribution in [0.1, 0.15) is 30.1 Å². The summed E-state index contributed by atoms with van der Waals surface area (Å²) in [5, 5.41) is 5.37. The number of amides is 3. The molecule has 0 spiro atoms. The first-order chi connectivity index (χ1) is 11.9. The van der Waals surface area contributed by atoms with Gasteiger partial charge in [-0.25, -0.2) is 4.79 Å². The molecule has 6 nitrogen and oxygen atoms in total. The Bertz CT molecular complexity index is 752. The molecular weight excluding hydrogens is 386 g/mol. The third-order valence-electron chi connectivity index (χ3n) is 3.73. The molecule has 0 bridgehead atoms. The minimum Gasteiger partial charge on any atom is -0.496 e. The summed E-state index contributed by atoms with van der Waals surface area (Å²) in [7, 11) is 1.60. The van der Waals surface area contributed by atoms with E-state index in [-0.39, 0.29) is 6.04 Å². The molecule has 0 unspecified atom stereocenters. The summed E-state index contributed by atoms with van der Waals surface area (Å²) in [5.41, 5.74) is 6.78. The lowest BCUT2D eigenvalue weighted by atomic mass is 10.0. The zero-order valence-electron chi connectivity index (χ0n) is 14.0. The van der Waals surface area contributed by atoms with Gasteiger partial charge in [-0.3, -0.25) is 15.4 Å². The highest BCUT2D eigenvalue weighted by Gasteiger charge is 2.24.